The molecule has 6 heteroatoms. The first-order chi connectivity index (χ1) is 10.2. The summed E-state index contributed by atoms with van der Waals surface area (Å²) in [5.41, 5.74) is 0.924. The Kier molecular flexibility index (Phi) is 4.10. The molecule has 1 aromatic rings. The van der Waals surface area contributed by atoms with Crippen molar-refractivity contribution in [2.75, 3.05) is 13.2 Å². The normalized spacial score (nSPS) is 30.7. The van der Waals surface area contributed by atoms with Crippen molar-refractivity contribution < 1.29 is 24.1 Å². The van der Waals surface area contributed by atoms with E-state index in [0.29, 0.717) is 13.2 Å². The summed E-state index contributed by atoms with van der Waals surface area (Å²) < 4.78 is 16.2. The molecule has 4 atom stereocenters. The molecule has 2 fully saturated rings. The molecule has 1 unspecified atom stereocenters. The number of benzene rings is 1. The molecule has 2 heterocycles. The number of nitrogens with zero attached hydrogens (tertiary/aromatic N) is 1. The number of fused-ring (bicyclic) bond motifs is 2. The Hall–Kier alpha value is -1.63. The third-order valence-electron chi connectivity index (χ3n) is 3.84. The lowest BCUT2D eigenvalue weighted by atomic mass is 10.2. The van der Waals surface area contributed by atoms with Crippen LogP contribution in [0.2, 0.25) is 0 Å². The number of carbonyl (C=O) groups excluding carboxylic acids is 1. The summed E-state index contributed by atoms with van der Waals surface area (Å²) in [6.45, 7) is 2.99. The highest BCUT2D eigenvalue weighted by molar-refractivity contribution is 5.69. The van der Waals surface area contributed by atoms with Crippen molar-refractivity contribution in [2.24, 2.45) is 0 Å². The molecule has 0 spiro atoms. The fourth-order valence-corrected chi connectivity index (χ4v) is 2.91. The standard InChI is InChI=1S/C15H19NO5/c1-2-19-13-11-8-16(12(13)14(17)21-11)15(18)20-9-10-6-4-3-5-7-10/h3-7,11-14,17H,2,8-9H2,1H3/t11-,12+,13+,14?/m1/s1. The minimum absolute atomic E-state index is 0.212. The molecule has 114 valence electrons. The van der Waals surface area contributed by atoms with Crippen molar-refractivity contribution in [1.29, 1.82) is 0 Å². The lowest BCUT2D eigenvalue weighted by Crippen LogP contribution is -2.48. The van der Waals surface area contributed by atoms with Crippen LogP contribution in [0.15, 0.2) is 30.3 Å². The van der Waals surface area contributed by atoms with Crippen molar-refractivity contribution in [2.45, 2.75) is 38.1 Å². The monoisotopic (exact) mass is 293 g/mol. The highest BCUT2D eigenvalue weighted by atomic mass is 16.7. The van der Waals surface area contributed by atoms with Crippen LogP contribution in [0.4, 0.5) is 4.79 Å². The van der Waals surface area contributed by atoms with Crippen LogP contribution in [0.1, 0.15) is 12.5 Å². The third kappa shape index (κ3) is 2.74. The van der Waals surface area contributed by atoms with Gasteiger partial charge in [0.25, 0.3) is 0 Å². The number of amides is 1. The first-order valence-corrected chi connectivity index (χ1v) is 7.13. The molecular formula is C15H19NO5. The second-order valence-corrected chi connectivity index (χ2v) is 5.17. The maximum atomic E-state index is 12.2. The predicted octanol–water partition coefficient (Wildman–Crippen LogP) is 1.13. The Labute approximate surface area is 123 Å². The Balaban J connectivity index is 1.61. The van der Waals surface area contributed by atoms with Gasteiger partial charge in [-0.05, 0) is 12.5 Å². The first kappa shape index (κ1) is 14.3. The largest absolute Gasteiger partial charge is 0.445 e. The van der Waals surface area contributed by atoms with E-state index in [4.69, 9.17) is 14.2 Å². The van der Waals surface area contributed by atoms with Gasteiger partial charge in [-0.1, -0.05) is 30.3 Å². The predicted molar refractivity (Wildman–Crippen MR) is 73.4 cm³/mol. The molecule has 2 saturated heterocycles. The maximum absolute atomic E-state index is 12.2. The van der Waals surface area contributed by atoms with Crippen LogP contribution >= 0.6 is 0 Å². The summed E-state index contributed by atoms with van der Waals surface area (Å²) in [5.74, 6) is 0. The Morgan fingerprint density at radius 3 is 2.90 bits per heavy atom. The van der Waals surface area contributed by atoms with E-state index in [1.807, 2.05) is 37.3 Å². The fraction of sp³-hybridized carbons (Fsp3) is 0.533. The van der Waals surface area contributed by atoms with Crippen molar-refractivity contribution in [1.82, 2.24) is 4.90 Å². The molecule has 6 nitrogen and oxygen atoms in total. The molecule has 1 N–H and O–H groups in total. The number of morpholine rings is 1. The minimum Gasteiger partial charge on any atom is -0.445 e. The SMILES string of the molecule is CCO[C@@H]1[C@H]2C(O)O[C@@H]1CN2C(=O)OCc1ccccc1. The molecule has 3 rings (SSSR count). The highest BCUT2D eigenvalue weighted by Crippen LogP contribution is 2.35. The van der Waals surface area contributed by atoms with Gasteiger partial charge in [0.05, 0.1) is 6.54 Å². The van der Waals surface area contributed by atoms with Gasteiger partial charge in [0, 0.05) is 6.61 Å². The molecule has 21 heavy (non-hydrogen) atoms. The van der Waals surface area contributed by atoms with Crippen molar-refractivity contribution in [3.05, 3.63) is 35.9 Å². The van der Waals surface area contributed by atoms with E-state index in [9.17, 15) is 9.90 Å². The number of carbonyl (C=O) groups is 1. The van der Waals surface area contributed by atoms with Gasteiger partial charge in [-0.2, -0.15) is 0 Å². The minimum atomic E-state index is -1.01. The van der Waals surface area contributed by atoms with Crippen LogP contribution in [0.3, 0.4) is 0 Å². The molecule has 2 aliphatic heterocycles. The molecule has 0 saturated carbocycles. The maximum Gasteiger partial charge on any atom is 0.410 e. The molecule has 0 aromatic heterocycles. The van der Waals surface area contributed by atoms with E-state index in [-0.39, 0.29) is 18.8 Å². The van der Waals surface area contributed by atoms with Crippen molar-refractivity contribution in [3.63, 3.8) is 0 Å². The summed E-state index contributed by atoms with van der Waals surface area (Å²) in [5, 5.41) is 9.87. The number of ether oxygens (including phenoxy) is 3. The number of hydrogen-bond acceptors (Lipinski definition) is 5. The fourth-order valence-electron chi connectivity index (χ4n) is 2.91. The quantitative estimate of drug-likeness (QED) is 0.901. The number of rotatable bonds is 4. The van der Waals surface area contributed by atoms with Crippen molar-refractivity contribution in [3.8, 4) is 0 Å². The molecule has 1 aromatic carbocycles. The number of aliphatic hydroxyl groups is 1. The van der Waals surface area contributed by atoms with Gasteiger partial charge < -0.3 is 19.3 Å². The van der Waals surface area contributed by atoms with E-state index in [1.54, 1.807) is 0 Å². The zero-order valence-electron chi connectivity index (χ0n) is 11.8. The average Bonchev–Trinajstić information content (AvgIpc) is 2.99. The van der Waals surface area contributed by atoms with Gasteiger partial charge in [-0.3, -0.25) is 4.90 Å². The summed E-state index contributed by atoms with van der Waals surface area (Å²) in [4.78, 5) is 13.7. The average molecular weight is 293 g/mol. The highest BCUT2D eigenvalue weighted by Gasteiger charge is 2.56. The number of hydrogen-bond donors (Lipinski definition) is 1. The molecule has 0 aliphatic carbocycles. The van der Waals surface area contributed by atoms with Gasteiger partial charge in [-0.15, -0.1) is 0 Å². The van der Waals surface area contributed by atoms with Gasteiger partial charge in [-0.25, -0.2) is 4.79 Å². The summed E-state index contributed by atoms with van der Waals surface area (Å²) in [6, 6.07) is 8.99. The summed E-state index contributed by atoms with van der Waals surface area (Å²) in [6.07, 6.45) is -2.02. The molecule has 1 amide bonds. The first-order valence-electron chi connectivity index (χ1n) is 7.13. The van der Waals surface area contributed by atoms with E-state index >= 15 is 0 Å². The Morgan fingerprint density at radius 2 is 2.19 bits per heavy atom. The van der Waals surface area contributed by atoms with Gasteiger partial charge in [0.2, 0.25) is 0 Å². The van der Waals surface area contributed by atoms with E-state index in [0.717, 1.165) is 5.56 Å². The van der Waals surface area contributed by atoms with Crippen molar-refractivity contribution >= 4 is 6.09 Å². The Morgan fingerprint density at radius 1 is 1.43 bits per heavy atom. The molecular weight excluding hydrogens is 274 g/mol. The summed E-state index contributed by atoms with van der Waals surface area (Å²) >= 11 is 0. The van der Waals surface area contributed by atoms with Gasteiger partial charge in [0.1, 0.15) is 24.9 Å². The van der Waals surface area contributed by atoms with Gasteiger partial charge >= 0.3 is 6.09 Å². The van der Waals surface area contributed by atoms with Crippen LogP contribution in [0, 0.1) is 0 Å². The van der Waals surface area contributed by atoms with Crippen LogP contribution in [-0.2, 0) is 20.8 Å². The summed E-state index contributed by atoms with van der Waals surface area (Å²) in [7, 11) is 0. The van der Waals surface area contributed by atoms with E-state index in [1.165, 1.54) is 4.90 Å². The zero-order valence-corrected chi connectivity index (χ0v) is 11.8. The lowest BCUT2D eigenvalue weighted by Gasteiger charge is -2.29. The molecule has 2 aliphatic rings. The van der Waals surface area contributed by atoms with Crippen LogP contribution in [0.5, 0.6) is 0 Å². The number of aliphatic hydroxyl groups excluding tert-OH is 1. The van der Waals surface area contributed by atoms with Gasteiger partial charge in [0.15, 0.2) is 6.29 Å². The number of likely N-dealkylation sites (tertiary alicyclic amines) is 1. The van der Waals surface area contributed by atoms with E-state index in [2.05, 4.69) is 0 Å². The second-order valence-electron chi connectivity index (χ2n) is 5.17. The van der Waals surface area contributed by atoms with Crippen LogP contribution in [-0.4, -0.2) is 53.8 Å². The topological polar surface area (TPSA) is 68.2 Å². The zero-order chi connectivity index (χ0) is 14.8. The smallest absolute Gasteiger partial charge is 0.410 e. The third-order valence-corrected chi connectivity index (χ3v) is 3.84. The van der Waals surface area contributed by atoms with Crippen LogP contribution < -0.4 is 0 Å². The molecule has 0 radical (unpaired) electrons. The second kappa shape index (κ2) is 6.01. The molecule has 2 bridgehead atoms. The van der Waals surface area contributed by atoms with E-state index < -0.39 is 18.4 Å². The van der Waals surface area contributed by atoms with Crippen LogP contribution in [0.25, 0.3) is 0 Å². The lowest BCUT2D eigenvalue weighted by molar-refractivity contribution is -0.144. The Bertz CT molecular complexity index is 494.